The van der Waals surface area contributed by atoms with Gasteiger partial charge in [0.2, 0.25) is 0 Å². The Kier molecular flexibility index (Phi) is 23.4. The van der Waals surface area contributed by atoms with E-state index in [4.69, 9.17) is 9.47 Å². The van der Waals surface area contributed by atoms with Gasteiger partial charge in [0.05, 0.1) is 24.4 Å². The van der Waals surface area contributed by atoms with Gasteiger partial charge in [-0.1, -0.05) is 86.7 Å². The predicted molar refractivity (Wildman–Crippen MR) is 202 cm³/mol. The zero-order valence-corrected chi connectivity index (χ0v) is 36.2. The van der Waals surface area contributed by atoms with Crippen molar-refractivity contribution in [1.29, 1.82) is 0 Å². The summed E-state index contributed by atoms with van der Waals surface area (Å²) in [5.74, 6) is -1.21. The van der Waals surface area contributed by atoms with Gasteiger partial charge in [-0.05, 0) is 48.5 Å². The van der Waals surface area contributed by atoms with Crippen LogP contribution in [0.25, 0.3) is 12.2 Å². The zero-order chi connectivity index (χ0) is 37.0. The lowest BCUT2D eigenvalue weighted by atomic mass is 9.65. The average molecular weight is 863 g/mol. The molecular weight excluding hydrogens is 798 g/mol. The van der Waals surface area contributed by atoms with Gasteiger partial charge in [-0.25, -0.2) is 0 Å². The van der Waals surface area contributed by atoms with Crippen molar-refractivity contribution in [3.05, 3.63) is 83.9 Å². The summed E-state index contributed by atoms with van der Waals surface area (Å²) in [6, 6.07) is 20.7. The third kappa shape index (κ3) is 14.9. The van der Waals surface area contributed by atoms with Gasteiger partial charge >= 0.3 is 11.9 Å². The molecule has 2 saturated heterocycles. The first-order valence-electron chi connectivity index (χ1n) is 19.5. The minimum atomic E-state index is -0.882. The molecule has 0 radical (unpaired) electrons. The van der Waals surface area contributed by atoms with Gasteiger partial charge in [0.15, 0.2) is 0 Å². The number of rotatable bonds is 16. The fourth-order valence-corrected chi connectivity index (χ4v) is 8.25. The average Bonchev–Trinajstić information content (AvgIpc) is 3.40. The number of quaternary nitrogens is 4. The molecule has 1 aliphatic carbocycles. The molecule has 2 aromatic carbocycles. The van der Waals surface area contributed by atoms with Crippen LogP contribution in [-0.4, -0.2) is 126 Å². The Hall–Kier alpha value is -2.22. The number of ether oxygens (including phenoxy) is 2. The number of piperazine rings is 2. The number of hydrogen-bond donors (Lipinski definition) is 6. The van der Waals surface area contributed by atoms with Crippen molar-refractivity contribution in [1.82, 2.24) is 0 Å². The van der Waals surface area contributed by atoms with Crippen molar-refractivity contribution >= 4 is 24.1 Å². The van der Waals surface area contributed by atoms with Crippen molar-refractivity contribution in [3.63, 3.8) is 0 Å². The van der Waals surface area contributed by atoms with Crippen molar-refractivity contribution in [2.24, 2.45) is 16.7 Å². The first kappa shape index (κ1) is 51.8. The molecule has 4 atom stereocenters. The Bertz CT molecular complexity index is 1470. The number of carbonyl (C=O) groups is 2. The molecule has 1 saturated carbocycles. The summed E-state index contributed by atoms with van der Waals surface area (Å²) in [6.45, 7) is 16.7. The smallest absolute Gasteiger partial charge is 0.312 e. The van der Waals surface area contributed by atoms with Gasteiger partial charge in [-0.3, -0.25) is 9.59 Å². The number of benzene rings is 2. The second kappa shape index (κ2) is 25.3. The highest BCUT2D eigenvalue weighted by molar-refractivity contribution is 5.82. The van der Waals surface area contributed by atoms with Gasteiger partial charge < -0.3 is 88.9 Å². The molecule has 5 rings (SSSR count). The summed E-state index contributed by atoms with van der Waals surface area (Å²) in [5.41, 5.74) is 0.846. The van der Waals surface area contributed by atoms with Crippen LogP contribution < -0.4 is 69.2 Å². The quantitative estimate of drug-likeness (QED) is 0.0938. The lowest BCUT2D eigenvalue weighted by Gasteiger charge is -2.39. The van der Waals surface area contributed by atoms with E-state index in [1.165, 1.54) is 30.7 Å². The first-order chi connectivity index (χ1) is 25.0. The fraction of sp³-hybridized carbons (Fsp3) is 0.571. The van der Waals surface area contributed by atoms with Gasteiger partial charge in [0, 0.05) is 0 Å². The minimum absolute atomic E-state index is 0. The van der Waals surface area contributed by atoms with E-state index in [1.807, 2.05) is 57.2 Å². The summed E-state index contributed by atoms with van der Waals surface area (Å²) in [4.78, 5) is 32.5. The van der Waals surface area contributed by atoms with Crippen molar-refractivity contribution in [2.75, 3.05) is 91.8 Å². The number of aliphatic hydroxyl groups is 2. The van der Waals surface area contributed by atoms with Crippen LogP contribution in [-0.2, 0) is 19.1 Å². The Morgan fingerprint density at radius 2 is 1.05 bits per heavy atom. The highest BCUT2D eigenvalue weighted by Gasteiger charge is 2.59. The summed E-state index contributed by atoms with van der Waals surface area (Å²) in [7, 11) is 0. The summed E-state index contributed by atoms with van der Waals surface area (Å²) in [5, 5.41) is 21.5. The number of hydrogen-bond acceptors (Lipinski definition) is 6. The molecule has 316 valence electrons. The second-order valence-corrected chi connectivity index (χ2v) is 16.1. The molecule has 14 heteroatoms. The zero-order valence-electron chi connectivity index (χ0n) is 33.2. The van der Waals surface area contributed by atoms with E-state index in [2.05, 4.69) is 48.6 Å². The Balaban J connectivity index is 0.00000392. The monoisotopic (exact) mass is 860 g/mol. The topological polar surface area (TPSA) is 111 Å². The molecule has 0 bridgehead atoms. The molecule has 0 amide bonds. The Labute approximate surface area is 359 Å². The molecular formula is C42H64Cl4N4O6. The van der Waals surface area contributed by atoms with E-state index in [-0.39, 0.29) is 74.8 Å². The van der Waals surface area contributed by atoms with E-state index in [1.54, 1.807) is 0 Å². The van der Waals surface area contributed by atoms with Gasteiger partial charge in [0.1, 0.15) is 90.9 Å². The van der Waals surface area contributed by atoms with Gasteiger partial charge in [-0.15, -0.1) is 0 Å². The molecule has 0 aromatic heterocycles. The van der Waals surface area contributed by atoms with Crippen LogP contribution in [0.15, 0.2) is 72.8 Å². The maximum atomic E-state index is 13.5. The molecule has 3 fully saturated rings. The van der Waals surface area contributed by atoms with Crippen LogP contribution in [0.3, 0.4) is 0 Å². The van der Waals surface area contributed by atoms with Crippen LogP contribution in [0.5, 0.6) is 0 Å². The maximum absolute atomic E-state index is 13.5. The predicted octanol–water partition coefficient (Wildman–Crippen LogP) is -13.8. The third-order valence-corrected chi connectivity index (χ3v) is 12.2. The third-order valence-electron chi connectivity index (χ3n) is 12.2. The van der Waals surface area contributed by atoms with Crippen LogP contribution in [0.1, 0.15) is 44.7 Å². The number of halogens is 4. The fourth-order valence-electron chi connectivity index (χ4n) is 8.25. The summed E-state index contributed by atoms with van der Waals surface area (Å²) < 4.78 is 11.4. The number of carbonyl (C=O) groups excluding carboxylic acids is 2. The number of esters is 2. The lowest BCUT2D eigenvalue weighted by Crippen LogP contribution is -3.28. The van der Waals surface area contributed by atoms with Crippen LogP contribution in [0.2, 0.25) is 0 Å². The van der Waals surface area contributed by atoms with Crippen molar-refractivity contribution < 1.29 is 98.5 Å². The molecule has 3 aliphatic rings. The molecule has 10 nitrogen and oxygen atoms in total. The van der Waals surface area contributed by atoms with E-state index >= 15 is 0 Å². The largest absolute Gasteiger partial charge is 1.00 e. The van der Waals surface area contributed by atoms with Crippen molar-refractivity contribution in [2.45, 2.75) is 45.8 Å². The molecule has 0 spiro atoms. The highest BCUT2D eigenvalue weighted by atomic mass is 35.5. The molecule has 2 aromatic rings. The SMILES string of the molecule is CC1(C(=O)OCC(O)C[NH+]2CC[NH+](CC=Cc3ccccc3)CC2)CCC(C(=O)OCC(O)C[NH+]2CC[NH+](CC=Cc3ccccc3)CC2)C1(C)C.[Cl-].[Cl-].[Cl-].[Cl-]. The summed E-state index contributed by atoms with van der Waals surface area (Å²) >= 11 is 0. The maximum Gasteiger partial charge on any atom is 0.312 e. The van der Waals surface area contributed by atoms with Crippen LogP contribution in [0, 0.1) is 16.7 Å². The highest BCUT2D eigenvalue weighted by Crippen LogP contribution is 2.56. The second-order valence-electron chi connectivity index (χ2n) is 16.1. The number of nitrogens with one attached hydrogen (secondary N) is 4. The summed E-state index contributed by atoms with van der Waals surface area (Å²) in [6.07, 6.45) is 8.36. The molecule has 2 heterocycles. The van der Waals surface area contributed by atoms with Crippen LogP contribution in [0.4, 0.5) is 0 Å². The van der Waals surface area contributed by atoms with Crippen molar-refractivity contribution in [3.8, 4) is 0 Å². The Morgan fingerprint density at radius 1 is 0.661 bits per heavy atom. The minimum Gasteiger partial charge on any atom is -1.00 e. The Morgan fingerprint density at radius 3 is 1.48 bits per heavy atom. The van der Waals surface area contributed by atoms with E-state index in [0.717, 1.165) is 65.4 Å². The van der Waals surface area contributed by atoms with Gasteiger partial charge in [0.25, 0.3) is 0 Å². The van der Waals surface area contributed by atoms with E-state index < -0.39 is 29.0 Å². The van der Waals surface area contributed by atoms with Gasteiger partial charge in [-0.2, -0.15) is 0 Å². The number of aliphatic hydroxyl groups excluding tert-OH is 2. The van der Waals surface area contributed by atoms with E-state index in [0.29, 0.717) is 25.9 Å². The van der Waals surface area contributed by atoms with Crippen LogP contribution >= 0.6 is 0 Å². The molecule has 2 aliphatic heterocycles. The lowest BCUT2D eigenvalue weighted by molar-refractivity contribution is -1.01. The van der Waals surface area contributed by atoms with E-state index in [9.17, 15) is 19.8 Å². The molecule has 4 unspecified atom stereocenters. The first-order valence-corrected chi connectivity index (χ1v) is 19.5. The normalized spacial score (nSPS) is 26.8. The standard InChI is InChI=1S/C42H60N4O6.4ClH/c1-41(2)38(39(49)51-32-36(47)30-45-26-22-43(23-27-45)20-10-16-34-12-6-4-7-13-34)18-19-42(41,3)40(50)52-33-37(48)31-46-28-24-44(25-29-46)21-11-17-35-14-8-5-9-15-35;;;;/h4-17,36-38,47-48H,18-33H2,1-3H3;4*1H. The molecule has 56 heavy (non-hydrogen) atoms. The molecule has 6 N–H and O–H groups in total.